The Kier molecular flexibility index (Phi) is 33.4. The molecule has 0 aliphatic carbocycles. The van der Waals surface area contributed by atoms with E-state index in [1.165, 1.54) is 4.90 Å². The van der Waals surface area contributed by atoms with Gasteiger partial charge in [-0.15, -0.1) is 0 Å². The summed E-state index contributed by atoms with van der Waals surface area (Å²) in [6, 6.07) is 0. The quantitative estimate of drug-likeness (QED) is 0.240. The van der Waals surface area contributed by atoms with Gasteiger partial charge in [0.05, 0.1) is 59.2 Å². The summed E-state index contributed by atoms with van der Waals surface area (Å²) in [5.74, 6) is -0.304. The highest BCUT2D eigenvalue weighted by Gasteiger charge is 2.09. The Labute approximate surface area is 184 Å². The number of carbonyl (C=O) groups excluding carboxylic acids is 2. The first-order valence-corrected chi connectivity index (χ1v) is 11.3. The van der Waals surface area contributed by atoms with Crippen molar-refractivity contribution in [2.75, 3.05) is 73.1 Å². The molecule has 0 aliphatic rings. The van der Waals surface area contributed by atoms with Gasteiger partial charge in [-0.1, -0.05) is 41.5 Å². The highest BCUT2D eigenvalue weighted by molar-refractivity contribution is 5.76. The molecule has 182 valence electrons. The molecule has 0 bridgehead atoms. The normalized spacial score (nSPS) is 9.70. The van der Waals surface area contributed by atoms with Crippen LogP contribution in [0.1, 0.15) is 60.8 Å². The van der Waals surface area contributed by atoms with E-state index in [4.69, 9.17) is 23.7 Å². The number of ether oxygens (including phenoxy) is 5. The van der Waals surface area contributed by atoms with Gasteiger partial charge >= 0.3 is 5.97 Å². The van der Waals surface area contributed by atoms with E-state index in [2.05, 4.69) is 6.92 Å². The Hall–Kier alpha value is -1.22. The highest BCUT2D eigenvalue weighted by Crippen LogP contribution is 1.94. The molecule has 1 amide bonds. The summed E-state index contributed by atoms with van der Waals surface area (Å²) < 4.78 is 26.3. The van der Waals surface area contributed by atoms with Crippen LogP contribution >= 0.6 is 0 Å². The van der Waals surface area contributed by atoms with Gasteiger partial charge in [0.1, 0.15) is 6.61 Å². The number of likely N-dealkylation sites (N-methyl/N-ethyl adjacent to an activating group) is 1. The lowest BCUT2D eigenvalue weighted by Crippen LogP contribution is -2.31. The summed E-state index contributed by atoms with van der Waals surface area (Å²) in [4.78, 5) is 24.4. The van der Waals surface area contributed by atoms with Crippen molar-refractivity contribution in [1.29, 1.82) is 0 Å². The van der Waals surface area contributed by atoms with Crippen LogP contribution in [0.5, 0.6) is 0 Å². The minimum Gasteiger partial charge on any atom is -0.464 e. The molecule has 0 N–H and O–H groups in total. The zero-order valence-electron chi connectivity index (χ0n) is 20.5. The van der Waals surface area contributed by atoms with E-state index in [1.54, 1.807) is 14.0 Å². The fraction of sp³-hybridized carbons (Fsp3) is 0.909. The predicted molar refractivity (Wildman–Crippen MR) is 120 cm³/mol. The number of amides is 1. The predicted octanol–water partition coefficient (Wildman–Crippen LogP) is 3.32. The first kappa shape index (κ1) is 33.4. The molecule has 0 spiro atoms. The molecule has 0 heterocycles. The first-order chi connectivity index (χ1) is 14.6. The third-order valence-electron chi connectivity index (χ3n) is 3.33. The molecule has 8 nitrogen and oxygen atoms in total. The van der Waals surface area contributed by atoms with E-state index in [0.717, 1.165) is 13.0 Å². The summed E-state index contributed by atoms with van der Waals surface area (Å²) >= 11 is 0. The van der Waals surface area contributed by atoms with Crippen molar-refractivity contribution in [2.24, 2.45) is 0 Å². The molecule has 30 heavy (non-hydrogen) atoms. The summed E-state index contributed by atoms with van der Waals surface area (Å²) in [7, 11) is 1.68. The van der Waals surface area contributed by atoms with Crippen molar-refractivity contribution in [3.8, 4) is 0 Å². The largest absolute Gasteiger partial charge is 0.464 e. The van der Waals surface area contributed by atoms with Crippen molar-refractivity contribution in [3.63, 3.8) is 0 Å². The van der Waals surface area contributed by atoms with Gasteiger partial charge in [0, 0.05) is 20.1 Å². The Morgan fingerprint density at radius 2 is 1.10 bits per heavy atom. The molecule has 0 radical (unpaired) electrons. The fourth-order valence-corrected chi connectivity index (χ4v) is 1.78. The molecule has 0 atom stereocenters. The van der Waals surface area contributed by atoms with Gasteiger partial charge in [0.25, 0.3) is 0 Å². The highest BCUT2D eigenvalue weighted by atomic mass is 16.6. The summed E-state index contributed by atoms with van der Waals surface area (Å²) in [5.41, 5.74) is 0. The molecule has 0 saturated heterocycles. The maximum Gasteiger partial charge on any atom is 0.305 e. The van der Waals surface area contributed by atoms with Crippen molar-refractivity contribution in [2.45, 2.75) is 60.8 Å². The molecule has 8 heteroatoms. The van der Waals surface area contributed by atoms with Gasteiger partial charge in [-0.3, -0.25) is 9.59 Å². The van der Waals surface area contributed by atoms with Gasteiger partial charge in [-0.25, -0.2) is 0 Å². The van der Waals surface area contributed by atoms with Crippen LogP contribution in [0, 0.1) is 0 Å². The Bertz CT molecular complexity index is 354. The monoisotopic (exact) mass is 437 g/mol. The Balaban J connectivity index is -0.00000171. The van der Waals surface area contributed by atoms with E-state index >= 15 is 0 Å². The van der Waals surface area contributed by atoms with E-state index in [9.17, 15) is 9.59 Å². The topological polar surface area (TPSA) is 83.5 Å². The van der Waals surface area contributed by atoms with Crippen molar-refractivity contribution >= 4 is 11.9 Å². The second kappa shape index (κ2) is 30.0. The van der Waals surface area contributed by atoms with Crippen LogP contribution in [0.15, 0.2) is 0 Å². The van der Waals surface area contributed by atoms with Gasteiger partial charge in [0.2, 0.25) is 5.91 Å². The number of hydrogen-bond acceptors (Lipinski definition) is 7. The fourth-order valence-electron chi connectivity index (χ4n) is 1.78. The lowest BCUT2D eigenvalue weighted by molar-refractivity contribution is -0.145. The number of nitrogens with zero attached hydrogens (tertiary/aromatic N) is 1. The third-order valence-corrected chi connectivity index (χ3v) is 3.33. The molecule has 0 rings (SSSR count). The third kappa shape index (κ3) is 26.8. The Morgan fingerprint density at radius 1 is 0.667 bits per heavy atom. The number of rotatable bonds is 18. The smallest absolute Gasteiger partial charge is 0.305 e. The van der Waals surface area contributed by atoms with Crippen molar-refractivity contribution in [1.82, 2.24) is 4.90 Å². The second-order valence-electron chi connectivity index (χ2n) is 5.59. The van der Waals surface area contributed by atoms with Gasteiger partial charge in [0.15, 0.2) is 0 Å². The molecular weight excluding hydrogens is 390 g/mol. The summed E-state index contributed by atoms with van der Waals surface area (Å²) in [5, 5.41) is 0. The van der Waals surface area contributed by atoms with Crippen molar-refractivity contribution in [3.05, 3.63) is 0 Å². The maximum atomic E-state index is 11.8. The minimum absolute atomic E-state index is 0.0443. The number of esters is 1. The zero-order chi connectivity index (χ0) is 23.5. The molecule has 0 aromatic heterocycles. The van der Waals surface area contributed by atoms with Crippen molar-refractivity contribution < 1.29 is 33.3 Å². The molecule has 0 aromatic rings. The maximum absolute atomic E-state index is 11.8. The van der Waals surface area contributed by atoms with Crippen LogP contribution in [0.25, 0.3) is 0 Å². The lowest BCUT2D eigenvalue weighted by Gasteiger charge is -2.17. The average Bonchev–Trinajstić information content (AvgIpc) is 2.79. The van der Waals surface area contributed by atoms with Crippen LogP contribution in [-0.2, 0) is 33.3 Å². The molecule has 0 fully saturated rings. The Morgan fingerprint density at radius 3 is 1.53 bits per heavy atom. The molecule has 0 aliphatic heterocycles. The minimum atomic E-state index is -0.260. The number of hydrogen-bond donors (Lipinski definition) is 0. The van der Waals surface area contributed by atoms with Crippen LogP contribution in [0.2, 0.25) is 0 Å². The van der Waals surface area contributed by atoms with Gasteiger partial charge < -0.3 is 28.6 Å². The zero-order valence-corrected chi connectivity index (χ0v) is 20.5. The summed E-state index contributed by atoms with van der Waals surface area (Å²) in [6.07, 6.45) is 1.64. The van der Waals surface area contributed by atoms with Gasteiger partial charge in [-0.2, -0.15) is 0 Å². The molecule has 0 aromatic carbocycles. The van der Waals surface area contributed by atoms with E-state index in [0.29, 0.717) is 65.6 Å². The van der Waals surface area contributed by atoms with Crippen LogP contribution in [-0.4, -0.2) is 89.8 Å². The van der Waals surface area contributed by atoms with E-state index < -0.39 is 0 Å². The van der Waals surface area contributed by atoms with Crippen LogP contribution in [0.4, 0.5) is 0 Å². The number of carbonyl (C=O) groups is 2. The molecule has 0 saturated carbocycles. The van der Waals surface area contributed by atoms with Crippen LogP contribution < -0.4 is 0 Å². The summed E-state index contributed by atoms with van der Waals surface area (Å²) in [6.45, 7) is 16.6. The second-order valence-corrected chi connectivity index (χ2v) is 5.59. The first-order valence-electron chi connectivity index (χ1n) is 11.3. The van der Waals surface area contributed by atoms with Crippen LogP contribution in [0.3, 0.4) is 0 Å². The molecular formula is C22H47NO7. The lowest BCUT2D eigenvalue weighted by atomic mass is 10.4. The van der Waals surface area contributed by atoms with E-state index in [-0.39, 0.29) is 18.5 Å². The van der Waals surface area contributed by atoms with E-state index in [1.807, 2.05) is 27.7 Å². The SMILES string of the molecule is CC.CC.CCCOCCOCCOCCOCCC(=O)N(C)CCOC(=O)CC. The van der Waals surface area contributed by atoms with Gasteiger partial charge in [-0.05, 0) is 6.42 Å². The molecule has 0 unspecified atom stereocenters. The average molecular weight is 438 g/mol. The standard InChI is InChI=1S/C18H35NO7.2C2H6/c1-4-8-22-11-13-24-15-16-25-14-12-23-9-6-17(20)19(3)7-10-26-18(21)5-2;2*1-2/h4-16H2,1-3H3;2*1-2H3.